The van der Waals surface area contributed by atoms with Crippen LogP contribution in [0.15, 0.2) is 0 Å². The number of amides is 3. The molecular formula is C16H28N4O5S. The Balaban J connectivity index is 4.78. The molecule has 0 unspecified atom stereocenters. The zero-order valence-corrected chi connectivity index (χ0v) is 16.4. The number of carboxylic acids is 1. The van der Waals surface area contributed by atoms with Crippen molar-refractivity contribution in [3.63, 3.8) is 0 Å². The number of hydrogen-bond donors (Lipinski definition) is 5. The fourth-order valence-electron chi connectivity index (χ4n) is 2.05. The molecule has 0 saturated carbocycles. The first-order chi connectivity index (χ1) is 12.0. The lowest BCUT2D eigenvalue weighted by Crippen LogP contribution is -2.54. The summed E-state index contributed by atoms with van der Waals surface area (Å²) in [6, 6.07) is -2.78. The first-order valence-electron chi connectivity index (χ1n) is 8.39. The van der Waals surface area contributed by atoms with Gasteiger partial charge in [0.05, 0.1) is 4.99 Å². The second-order valence-corrected chi connectivity index (χ2v) is 6.64. The number of carbonyl (C=O) groups excluding carboxylic acids is 3. The minimum atomic E-state index is -1.17. The summed E-state index contributed by atoms with van der Waals surface area (Å²) >= 11 is 4.91. The maximum Gasteiger partial charge on any atom is 0.325 e. The van der Waals surface area contributed by atoms with E-state index in [9.17, 15) is 19.2 Å². The Hall–Kier alpha value is -2.23. The summed E-state index contributed by atoms with van der Waals surface area (Å²) in [5, 5.41) is 19.2. The molecule has 0 saturated heterocycles. The van der Waals surface area contributed by atoms with Crippen LogP contribution in [-0.4, -0.2) is 58.5 Å². The number of carboxylic acid groups (broad SMARTS) is 1. The first kappa shape index (κ1) is 23.8. The summed E-state index contributed by atoms with van der Waals surface area (Å²) in [5.41, 5.74) is 0. The van der Waals surface area contributed by atoms with Crippen molar-refractivity contribution in [1.29, 1.82) is 0 Å². The van der Waals surface area contributed by atoms with E-state index < -0.39 is 35.9 Å². The number of thiocarbonyl (C=S) groups is 1. The Kier molecular flexibility index (Phi) is 11.1. The van der Waals surface area contributed by atoms with Gasteiger partial charge in [0.15, 0.2) is 0 Å². The van der Waals surface area contributed by atoms with Crippen LogP contribution in [0.3, 0.4) is 0 Å². The molecule has 0 radical (unpaired) electrons. The molecule has 0 aliphatic carbocycles. The summed E-state index contributed by atoms with van der Waals surface area (Å²) in [7, 11) is 0. The van der Waals surface area contributed by atoms with E-state index in [1.807, 2.05) is 0 Å². The Labute approximate surface area is 158 Å². The van der Waals surface area contributed by atoms with Crippen LogP contribution < -0.4 is 21.3 Å². The molecule has 0 aromatic carbocycles. The van der Waals surface area contributed by atoms with Crippen molar-refractivity contribution in [3.8, 4) is 0 Å². The maximum atomic E-state index is 12.3. The molecule has 3 amide bonds. The molecule has 148 valence electrons. The Morgan fingerprint density at radius 3 is 2.04 bits per heavy atom. The lowest BCUT2D eigenvalue weighted by Gasteiger charge is -2.22. The van der Waals surface area contributed by atoms with E-state index in [4.69, 9.17) is 17.3 Å². The topological polar surface area (TPSA) is 137 Å². The van der Waals surface area contributed by atoms with E-state index in [2.05, 4.69) is 21.3 Å². The van der Waals surface area contributed by atoms with Crippen LogP contribution in [0.25, 0.3) is 0 Å². The van der Waals surface area contributed by atoms with Crippen molar-refractivity contribution in [2.24, 2.45) is 0 Å². The van der Waals surface area contributed by atoms with Crippen molar-refractivity contribution in [2.75, 3.05) is 6.54 Å². The van der Waals surface area contributed by atoms with Crippen LogP contribution in [0.4, 0.5) is 0 Å². The van der Waals surface area contributed by atoms with Gasteiger partial charge in [0.2, 0.25) is 17.7 Å². The van der Waals surface area contributed by atoms with Crippen molar-refractivity contribution >= 4 is 40.9 Å². The quantitative estimate of drug-likeness (QED) is 0.242. The highest BCUT2D eigenvalue weighted by Gasteiger charge is 2.25. The third kappa shape index (κ3) is 10.6. The predicted octanol–water partition coefficient (Wildman–Crippen LogP) is -0.308. The van der Waals surface area contributed by atoms with Crippen LogP contribution in [0.5, 0.6) is 0 Å². The largest absolute Gasteiger partial charge is 0.480 e. The smallest absolute Gasteiger partial charge is 0.325 e. The fourth-order valence-corrected chi connectivity index (χ4v) is 2.15. The van der Waals surface area contributed by atoms with Gasteiger partial charge in [-0.1, -0.05) is 12.2 Å². The van der Waals surface area contributed by atoms with E-state index in [0.717, 1.165) is 6.42 Å². The molecule has 26 heavy (non-hydrogen) atoms. The van der Waals surface area contributed by atoms with Gasteiger partial charge in [-0.05, 0) is 40.0 Å². The molecule has 0 heterocycles. The third-order valence-corrected chi connectivity index (χ3v) is 3.61. The van der Waals surface area contributed by atoms with E-state index in [1.165, 1.54) is 20.8 Å². The van der Waals surface area contributed by atoms with Gasteiger partial charge in [-0.2, -0.15) is 0 Å². The summed E-state index contributed by atoms with van der Waals surface area (Å²) < 4.78 is 0. The lowest BCUT2D eigenvalue weighted by atomic mass is 10.1. The lowest BCUT2D eigenvalue weighted by molar-refractivity contribution is -0.141. The molecule has 0 spiro atoms. The zero-order chi connectivity index (χ0) is 20.3. The van der Waals surface area contributed by atoms with Crippen LogP contribution in [0.1, 0.15) is 47.0 Å². The highest BCUT2D eigenvalue weighted by molar-refractivity contribution is 7.80. The molecule has 10 heteroatoms. The van der Waals surface area contributed by atoms with Crippen LogP contribution in [0, 0.1) is 0 Å². The van der Waals surface area contributed by atoms with Crippen molar-refractivity contribution in [1.82, 2.24) is 21.3 Å². The molecule has 0 rings (SSSR count). The van der Waals surface area contributed by atoms with E-state index in [1.54, 1.807) is 6.92 Å². The predicted molar refractivity (Wildman–Crippen MR) is 101 cm³/mol. The number of aliphatic carboxylic acids is 1. The fraction of sp³-hybridized carbons (Fsp3) is 0.688. The normalized spacial score (nSPS) is 13.7. The molecule has 0 aliphatic heterocycles. The molecule has 0 aromatic heterocycles. The summed E-state index contributed by atoms with van der Waals surface area (Å²) in [6.45, 7) is 6.53. The van der Waals surface area contributed by atoms with Crippen LogP contribution in [-0.2, 0) is 19.2 Å². The van der Waals surface area contributed by atoms with Gasteiger partial charge in [-0.3, -0.25) is 19.2 Å². The van der Waals surface area contributed by atoms with Gasteiger partial charge in [-0.25, -0.2) is 0 Å². The number of hydrogen-bond acceptors (Lipinski definition) is 5. The van der Waals surface area contributed by atoms with Crippen molar-refractivity contribution in [2.45, 2.75) is 65.1 Å². The average molecular weight is 388 g/mol. The molecule has 0 bridgehead atoms. The van der Waals surface area contributed by atoms with Gasteiger partial charge in [0.1, 0.15) is 18.1 Å². The minimum Gasteiger partial charge on any atom is -0.480 e. The van der Waals surface area contributed by atoms with Gasteiger partial charge < -0.3 is 26.4 Å². The number of nitrogens with one attached hydrogen (secondary N) is 4. The van der Waals surface area contributed by atoms with Crippen molar-refractivity contribution in [3.05, 3.63) is 0 Å². The summed E-state index contributed by atoms with van der Waals surface area (Å²) in [5.74, 6) is -2.64. The number of unbranched alkanes of at least 4 members (excludes halogenated alkanes) is 1. The van der Waals surface area contributed by atoms with Crippen molar-refractivity contribution < 1.29 is 24.3 Å². The Morgan fingerprint density at radius 2 is 1.54 bits per heavy atom. The highest BCUT2D eigenvalue weighted by Crippen LogP contribution is 2.03. The molecule has 0 aliphatic rings. The monoisotopic (exact) mass is 388 g/mol. The summed E-state index contributed by atoms with van der Waals surface area (Å²) in [6.07, 6.45) is 1.67. The van der Waals surface area contributed by atoms with E-state index in [0.29, 0.717) is 24.4 Å². The first-order valence-corrected chi connectivity index (χ1v) is 8.80. The number of carbonyl (C=O) groups is 4. The second kappa shape index (κ2) is 12.2. The van der Waals surface area contributed by atoms with Crippen LogP contribution >= 0.6 is 12.2 Å². The van der Waals surface area contributed by atoms with Gasteiger partial charge in [-0.15, -0.1) is 0 Å². The summed E-state index contributed by atoms with van der Waals surface area (Å²) in [4.78, 5) is 47.1. The highest BCUT2D eigenvalue weighted by atomic mass is 32.1. The molecule has 0 fully saturated rings. The van der Waals surface area contributed by atoms with E-state index in [-0.39, 0.29) is 5.91 Å². The molecular weight excluding hydrogens is 360 g/mol. The Bertz CT molecular complexity index is 541. The van der Waals surface area contributed by atoms with Gasteiger partial charge >= 0.3 is 5.97 Å². The molecule has 5 N–H and O–H groups in total. The standard InChI is InChI=1S/C16H28N4O5S/c1-9(18-11(3)21)14(22)20-13(7-5-6-8-17-12(4)26)15(23)19-10(2)16(24)25/h9-10,13H,5-8H2,1-4H3,(H,17,26)(H,18,21)(H,19,23)(H,20,22)(H,24,25)/t9-,10-,13-/m0/s1. The molecule has 0 aromatic rings. The van der Waals surface area contributed by atoms with Crippen LogP contribution in [0.2, 0.25) is 0 Å². The van der Waals surface area contributed by atoms with Gasteiger partial charge in [0, 0.05) is 13.5 Å². The minimum absolute atomic E-state index is 0.328. The number of rotatable bonds is 11. The average Bonchev–Trinajstić information content (AvgIpc) is 2.51. The second-order valence-electron chi connectivity index (χ2n) is 6.03. The van der Waals surface area contributed by atoms with Gasteiger partial charge in [0.25, 0.3) is 0 Å². The third-order valence-electron chi connectivity index (χ3n) is 3.47. The molecule has 9 nitrogen and oxygen atoms in total. The SMILES string of the molecule is CC(=O)N[C@@H](C)C(=O)N[C@@H](CCCCNC(C)=S)C(=O)N[C@@H](C)C(=O)O. The van der Waals surface area contributed by atoms with E-state index >= 15 is 0 Å². The molecule has 3 atom stereocenters. The Morgan fingerprint density at radius 1 is 0.923 bits per heavy atom. The zero-order valence-electron chi connectivity index (χ0n) is 15.5. The maximum absolute atomic E-state index is 12.3.